The first kappa shape index (κ1) is 28.3. The van der Waals surface area contributed by atoms with Gasteiger partial charge < -0.3 is 15.5 Å². The molecular formula is C30H42N4O3S. The maximum Gasteiger partial charge on any atom is 0.246 e. The summed E-state index contributed by atoms with van der Waals surface area (Å²) in [5, 5.41) is 6.09. The number of hydrogen-bond acceptors (Lipinski definition) is 5. The number of thiazole rings is 1. The van der Waals surface area contributed by atoms with E-state index in [0.717, 1.165) is 41.0 Å². The monoisotopic (exact) mass is 538 g/mol. The smallest absolute Gasteiger partial charge is 0.246 e. The number of nitrogens with zero attached hydrogens (tertiary/aromatic N) is 2. The van der Waals surface area contributed by atoms with Gasteiger partial charge in [0.25, 0.3) is 0 Å². The second kappa shape index (κ2) is 12.4. The third kappa shape index (κ3) is 7.01. The van der Waals surface area contributed by atoms with Crippen LogP contribution >= 0.6 is 11.3 Å². The zero-order valence-electron chi connectivity index (χ0n) is 23.2. The van der Waals surface area contributed by atoms with Crippen LogP contribution in [-0.4, -0.2) is 46.2 Å². The lowest BCUT2D eigenvalue weighted by atomic mass is 9.84. The van der Waals surface area contributed by atoms with Crippen molar-refractivity contribution in [3.63, 3.8) is 0 Å². The maximum absolute atomic E-state index is 13.7. The lowest BCUT2D eigenvalue weighted by Gasteiger charge is -2.35. The molecule has 1 aromatic heterocycles. The summed E-state index contributed by atoms with van der Waals surface area (Å²) in [7, 11) is 0. The average Bonchev–Trinajstić information content (AvgIpc) is 3.55. The number of carbonyl (C=O) groups is 3. The highest BCUT2D eigenvalue weighted by molar-refractivity contribution is 7.13. The highest BCUT2D eigenvalue weighted by atomic mass is 32.1. The third-order valence-corrected chi connectivity index (χ3v) is 8.86. The van der Waals surface area contributed by atoms with Crippen molar-refractivity contribution in [1.29, 1.82) is 0 Å². The average molecular weight is 539 g/mol. The molecule has 1 aromatic carbocycles. The van der Waals surface area contributed by atoms with Gasteiger partial charge in [-0.2, -0.15) is 0 Å². The fourth-order valence-electron chi connectivity index (χ4n) is 5.65. The van der Waals surface area contributed by atoms with Crippen molar-refractivity contribution in [3.8, 4) is 10.4 Å². The number of aromatic nitrogens is 1. The molecule has 1 saturated carbocycles. The second-order valence-corrected chi connectivity index (χ2v) is 12.8. The van der Waals surface area contributed by atoms with Crippen LogP contribution in [0.3, 0.4) is 0 Å². The molecule has 1 aliphatic heterocycles. The molecule has 2 fully saturated rings. The Kier molecular flexibility index (Phi) is 9.23. The van der Waals surface area contributed by atoms with Gasteiger partial charge in [0.2, 0.25) is 17.7 Å². The first-order valence-electron chi connectivity index (χ1n) is 14.0. The predicted molar refractivity (Wildman–Crippen MR) is 151 cm³/mol. The largest absolute Gasteiger partial charge is 0.350 e. The number of aryl methyl sites for hydroxylation is 1. The Labute approximate surface area is 230 Å². The van der Waals surface area contributed by atoms with E-state index >= 15 is 0 Å². The molecule has 1 aliphatic carbocycles. The van der Waals surface area contributed by atoms with Crippen LogP contribution in [0.2, 0.25) is 0 Å². The van der Waals surface area contributed by atoms with Crippen LogP contribution in [0.15, 0.2) is 29.8 Å². The lowest BCUT2D eigenvalue weighted by molar-refractivity contribution is -0.144. The van der Waals surface area contributed by atoms with Crippen LogP contribution in [0, 0.1) is 18.3 Å². The summed E-state index contributed by atoms with van der Waals surface area (Å²) < 4.78 is 0. The fourth-order valence-corrected chi connectivity index (χ4v) is 6.46. The van der Waals surface area contributed by atoms with E-state index in [1.54, 1.807) is 16.2 Å². The zero-order valence-corrected chi connectivity index (χ0v) is 24.0. The number of nitrogens with one attached hydrogen (secondary N) is 2. The van der Waals surface area contributed by atoms with E-state index in [1.165, 1.54) is 19.3 Å². The number of amides is 3. The summed E-state index contributed by atoms with van der Waals surface area (Å²) in [6.45, 7) is 8.85. The predicted octanol–water partition coefficient (Wildman–Crippen LogP) is 5.23. The number of benzene rings is 1. The van der Waals surface area contributed by atoms with Gasteiger partial charge in [-0.1, -0.05) is 64.3 Å². The molecule has 2 unspecified atom stereocenters. The van der Waals surface area contributed by atoms with Crippen molar-refractivity contribution >= 4 is 29.1 Å². The van der Waals surface area contributed by atoms with Gasteiger partial charge in [0.15, 0.2) is 0 Å². The Morgan fingerprint density at radius 1 is 1.05 bits per heavy atom. The minimum Gasteiger partial charge on any atom is -0.350 e. The van der Waals surface area contributed by atoms with Crippen LogP contribution in [0.5, 0.6) is 0 Å². The van der Waals surface area contributed by atoms with E-state index in [2.05, 4.69) is 27.8 Å². The van der Waals surface area contributed by atoms with Gasteiger partial charge in [-0.25, -0.2) is 4.98 Å². The van der Waals surface area contributed by atoms with Crippen molar-refractivity contribution in [2.45, 2.75) is 97.7 Å². The molecule has 4 rings (SSSR count). The fraction of sp³-hybridized carbons (Fsp3) is 0.600. The summed E-state index contributed by atoms with van der Waals surface area (Å²) in [4.78, 5) is 47.0. The highest BCUT2D eigenvalue weighted by Crippen LogP contribution is 2.29. The quantitative estimate of drug-likeness (QED) is 0.482. The van der Waals surface area contributed by atoms with Crippen molar-refractivity contribution in [1.82, 2.24) is 20.5 Å². The molecule has 206 valence electrons. The summed E-state index contributed by atoms with van der Waals surface area (Å²) in [6.07, 6.45) is 7.67. The molecule has 3 amide bonds. The molecule has 0 radical (unpaired) electrons. The molecular weight excluding hydrogens is 496 g/mol. The van der Waals surface area contributed by atoms with Gasteiger partial charge >= 0.3 is 0 Å². The van der Waals surface area contributed by atoms with Crippen LogP contribution in [0.25, 0.3) is 10.4 Å². The molecule has 0 bridgehead atoms. The summed E-state index contributed by atoms with van der Waals surface area (Å²) in [5.41, 5.74) is 4.52. The van der Waals surface area contributed by atoms with E-state index in [1.807, 2.05) is 45.3 Å². The van der Waals surface area contributed by atoms with Crippen LogP contribution < -0.4 is 10.6 Å². The molecule has 2 aliphatic rings. The van der Waals surface area contributed by atoms with Crippen molar-refractivity contribution in [2.24, 2.45) is 11.3 Å². The second-order valence-electron chi connectivity index (χ2n) is 11.9. The molecule has 0 spiro atoms. The zero-order chi connectivity index (χ0) is 27.3. The summed E-state index contributed by atoms with van der Waals surface area (Å²) in [6, 6.07) is 6.97. The van der Waals surface area contributed by atoms with Gasteiger partial charge in [0.1, 0.15) is 12.1 Å². The van der Waals surface area contributed by atoms with Gasteiger partial charge in [-0.15, -0.1) is 11.3 Å². The van der Waals surface area contributed by atoms with Crippen molar-refractivity contribution in [2.75, 3.05) is 6.54 Å². The van der Waals surface area contributed by atoms with Gasteiger partial charge in [0.05, 0.1) is 16.1 Å². The summed E-state index contributed by atoms with van der Waals surface area (Å²) in [5.74, 6) is 0.0584. The topological polar surface area (TPSA) is 91.4 Å². The highest BCUT2D eigenvalue weighted by Gasteiger charge is 2.41. The van der Waals surface area contributed by atoms with E-state index in [4.69, 9.17) is 0 Å². The first-order valence-corrected chi connectivity index (χ1v) is 14.9. The van der Waals surface area contributed by atoms with E-state index in [0.29, 0.717) is 31.8 Å². The maximum atomic E-state index is 13.7. The number of rotatable bonds is 8. The molecule has 2 aromatic rings. The van der Waals surface area contributed by atoms with Crippen LogP contribution in [-0.2, 0) is 20.9 Å². The summed E-state index contributed by atoms with van der Waals surface area (Å²) >= 11 is 1.62. The molecule has 2 heterocycles. The Morgan fingerprint density at radius 3 is 2.39 bits per heavy atom. The Hall–Kier alpha value is -2.74. The van der Waals surface area contributed by atoms with E-state index < -0.39 is 17.5 Å². The first-order chi connectivity index (χ1) is 18.1. The molecule has 2 N–H and O–H groups in total. The third-order valence-electron chi connectivity index (χ3n) is 7.88. The Morgan fingerprint density at radius 2 is 1.76 bits per heavy atom. The number of carbonyl (C=O) groups excluding carboxylic acids is 3. The van der Waals surface area contributed by atoms with Crippen LogP contribution in [0.4, 0.5) is 0 Å². The van der Waals surface area contributed by atoms with Crippen LogP contribution in [0.1, 0.15) is 83.4 Å². The number of likely N-dealkylation sites (tertiary alicyclic amines) is 1. The normalized spacial score (nSPS) is 19.3. The van der Waals surface area contributed by atoms with Gasteiger partial charge in [-0.3, -0.25) is 14.4 Å². The Balaban J connectivity index is 1.35. The van der Waals surface area contributed by atoms with E-state index in [-0.39, 0.29) is 17.7 Å². The minimum absolute atomic E-state index is 0.0534. The molecule has 8 heteroatoms. The Bertz CT molecular complexity index is 1120. The SMILES string of the molecule is Cc1ncsc1-c1ccc(CNC(=O)C2CCCN2C(=O)C(NC(=O)CC2CCCCC2)C(C)(C)C)cc1. The van der Waals surface area contributed by atoms with Gasteiger partial charge in [0, 0.05) is 19.5 Å². The molecule has 1 saturated heterocycles. The lowest BCUT2D eigenvalue weighted by Crippen LogP contribution is -2.57. The molecule has 2 atom stereocenters. The standard InChI is InChI=1S/C30H42N4O3S/c1-20-26(38-19-32-20)23-14-12-22(13-15-23)18-31-28(36)24-11-8-16-34(24)29(37)27(30(2,3)4)33-25(35)17-21-9-6-5-7-10-21/h12-15,19,21,24,27H,5-11,16-18H2,1-4H3,(H,31,36)(H,33,35). The number of hydrogen-bond donors (Lipinski definition) is 2. The molecule has 38 heavy (non-hydrogen) atoms. The van der Waals surface area contributed by atoms with Crippen molar-refractivity contribution < 1.29 is 14.4 Å². The van der Waals surface area contributed by atoms with E-state index in [9.17, 15) is 14.4 Å². The van der Waals surface area contributed by atoms with Gasteiger partial charge in [-0.05, 0) is 55.1 Å². The molecule has 7 nitrogen and oxygen atoms in total. The minimum atomic E-state index is -0.658. The van der Waals surface area contributed by atoms with Crippen molar-refractivity contribution in [3.05, 3.63) is 41.0 Å².